The van der Waals surface area contributed by atoms with E-state index in [4.69, 9.17) is 0 Å². The van der Waals surface area contributed by atoms with Crippen LogP contribution < -0.4 is 9.62 Å². The van der Waals surface area contributed by atoms with Gasteiger partial charge in [-0.05, 0) is 47.2 Å². The Morgan fingerprint density at radius 3 is 2.31 bits per heavy atom. The molecule has 32 heavy (non-hydrogen) atoms. The van der Waals surface area contributed by atoms with Crippen LogP contribution in [0.3, 0.4) is 0 Å². The second-order valence-corrected chi connectivity index (χ2v) is 10.2. The third kappa shape index (κ3) is 4.41. The van der Waals surface area contributed by atoms with Crippen LogP contribution in [-0.4, -0.2) is 26.9 Å². The zero-order valence-corrected chi connectivity index (χ0v) is 19.2. The number of carbonyl (C=O) groups is 1. The highest BCUT2D eigenvalue weighted by atomic mass is 32.2. The molecule has 4 rings (SSSR count). The maximum absolute atomic E-state index is 13.6. The first-order valence-corrected chi connectivity index (χ1v) is 12.4. The molecule has 0 spiro atoms. The minimum absolute atomic E-state index is 0.195. The largest absolute Gasteiger partial charge is 0.354 e. The van der Waals surface area contributed by atoms with Crippen molar-refractivity contribution >= 4 is 21.6 Å². The first-order chi connectivity index (χ1) is 15.4. The van der Waals surface area contributed by atoms with E-state index in [0.29, 0.717) is 31.0 Å². The second kappa shape index (κ2) is 9.17. The van der Waals surface area contributed by atoms with Crippen molar-refractivity contribution in [1.82, 2.24) is 5.32 Å². The quantitative estimate of drug-likeness (QED) is 0.586. The van der Waals surface area contributed by atoms with Crippen LogP contribution in [0.25, 0.3) is 0 Å². The predicted molar refractivity (Wildman–Crippen MR) is 127 cm³/mol. The number of anilines is 1. The van der Waals surface area contributed by atoms with E-state index in [-0.39, 0.29) is 10.8 Å². The van der Waals surface area contributed by atoms with E-state index in [0.717, 1.165) is 16.7 Å². The van der Waals surface area contributed by atoms with Gasteiger partial charge in [-0.1, -0.05) is 74.5 Å². The number of sulfonamides is 1. The lowest BCUT2D eigenvalue weighted by atomic mass is 10.0. The predicted octanol–water partition coefficient (Wildman–Crippen LogP) is 4.29. The highest BCUT2D eigenvalue weighted by Gasteiger charge is 2.42. The molecule has 166 valence electrons. The lowest BCUT2D eigenvalue weighted by Gasteiger charge is -2.26. The van der Waals surface area contributed by atoms with E-state index in [1.165, 1.54) is 4.31 Å². The van der Waals surface area contributed by atoms with Gasteiger partial charge in [0.2, 0.25) is 5.91 Å². The van der Waals surface area contributed by atoms with Crippen LogP contribution in [-0.2, 0) is 27.7 Å². The topological polar surface area (TPSA) is 66.5 Å². The monoisotopic (exact) mass is 448 g/mol. The summed E-state index contributed by atoms with van der Waals surface area (Å²) in [4.78, 5) is 13.3. The maximum atomic E-state index is 13.6. The van der Waals surface area contributed by atoms with Gasteiger partial charge in [-0.3, -0.25) is 9.10 Å². The zero-order chi connectivity index (χ0) is 22.7. The molecule has 0 saturated heterocycles. The standard InChI is InChI=1S/C26H28N2O3S/c1-19(2)21-12-14-23(15-13-21)32(30,31)28-24-11-7-6-10-22(24)18-25(28)26(29)27-17-16-20-8-4-3-5-9-20/h3-15,19,25H,16-18H2,1-2H3,(H,27,29)/t25-/m0/s1. The molecular weight excluding hydrogens is 420 g/mol. The van der Waals surface area contributed by atoms with Crippen molar-refractivity contribution in [1.29, 1.82) is 0 Å². The van der Waals surface area contributed by atoms with Gasteiger partial charge in [0.25, 0.3) is 10.0 Å². The Bertz CT molecular complexity index is 1190. The Morgan fingerprint density at radius 1 is 0.969 bits per heavy atom. The van der Waals surface area contributed by atoms with Crippen LogP contribution in [0.15, 0.2) is 83.8 Å². The van der Waals surface area contributed by atoms with Crippen molar-refractivity contribution in [3.63, 3.8) is 0 Å². The summed E-state index contributed by atoms with van der Waals surface area (Å²) in [6.07, 6.45) is 1.05. The summed E-state index contributed by atoms with van der Waals surface area (Å²) in [6.45, 7) is 4.58. The normalized spacial score (nSPS) is 15.6. The van der Waals surface area contributed by atoms with Gasteiger partial charge in [0, 0.05) is 13.0 Å². The van der Waals surface area contributed by atoms with Gasteiger partial charge in [-0.15, -0.1) is 0 Å². The molecule has 0 aliphatic carbocycles. The van der Waals surface area contributed by atoms with Gasteiger partial charge >= 0.3 is 0 Å². The number of carbonyl (C=O) groups excluding carboxylic acids is 1. The van der Waals surface area contributed by atoms with Crippen LogP contribution >= 0.6 is 0 Å². The summed E-state index contributed by atoms with van der Waals surface area (Å²) in [5.74, 6) is 0.0296. The molecule has 0 saturated carbocycles. The molecule has 1 atom stereocenters. The summed E-state index contributed by atoms with van der Waals surface area (Å²) >= 11 is 0. The molecule has 0 radical (unpaired) electrons. The number of nitrogens with zero attached hydrogens (tertiary/aromatic N) is 1. The highest BCUT2D eigenvalue weighted by molar-refractivity contribution is 7.93. The molecule has 3 aromatic rings. The second-order valence-electron chi connectivity index (χ2n) is 8.40. The molecule has 5 nitrogen and oxygen atoms in total. The average Bonchev–Trinajstić information content (AvgIpc) is 3.20. The van der Waals surface area contributed by atoms with Crippen LogP contribution in [0.5, 0.6) is 0 Å². The number of para-hydroxylation sites is 1. The molecule has 3 aromatic carbocycles. The van der Waals surface area contributed by atoms with Crippen molar-refractivity contribution in [3.05, 3.63) is 95.6 Å². The Hall–Kier alpha value is -3.12. The molecule has 1 heterocycles. The number of fused-ring (bicyclic) bond motifs is 1. The Kier molecular flexibility index (Phi) is 6.33. The van der Waals surface area contributed by atoms with Gasteiger partial charge in [0.1, 0.15) is 6.04 Å². The average molecular weight is 449 g/mol. The number of nitrogens with one attached hydrogen (secondary N) is 1. The van der Waals surface area contributed by atoms with Gasteiger partial charge in [-0.2, -0.15) is 0 Å². The number of benzene rings is 3. The summed E-state index contributed by atoms with van der Waals surface area (Å²) in [5.41, 5.74) is 3.62. The van der Waals surface area contributed by atoms with Crippen molar-refractivity contribution in [3.8, 4) is 0 Å². The Balaban J connectivity index is 1.58. The fraction of sp³-hybridized carbons (Fsp3) is 0.269. The van der Waals surface area contributed by atoms with Crippen molar-refractivity contribution < 1.29 is 13.2 Å². The molecule has 1 N–H and O–H groups in total. The van der Waals surface area contributed by atoms with Crippen molar-refractivity contribution in [2.75, 3.05) is 10.8 Å². The summed E-state index contributed by atoms with van der Waals surface area (Å²) in [5, 5.41) is 2.94. The van der Waals surface area contributed by atoms with E-state index in [9.17, 15) is 13.2 Å². The number of hydrogen-bond acceptors (Lipinski definition) is 3. The number of hydrogen-bond donors (Lipinski definition) is 1. The van der Waals surface area contributed by atoms with Gasteiger partial charge < -0.3 is 5.32 Å². The molecule has 6 heteroatoms. The molecule has 0 bridgehead atoms. The number of amides is 1. The van der Waals surface area contributed by atoms with Crippen molar-refractivity contribution in [2.45, 2.75) is 43.5 Å². The summed E-state index contributed by atoms with van der Waals surface area (Å²) in [7, 11) is -3.89. The van der Waals surface area contributed by atoms with Gasteiger partial charge in [0.15, 0.2) is 0 Å². The van der Waals surface area contributed by atoms with Crippen molar-refractivity contribution in [2.24, 2.45) is 0 Å². The van der Waals surface area contributed by atoms with E-state index in [1.54, 1.807) is 24.3 Å². The van der Waals surface area contributed by atoms with Gasteiger partial charge in [0.05, 0.1) is 10.6 Å². The van der Waals surface area contributed by atoms with E-state index in [2.05, 4.69) is 19.2 Å². The van der Waals surface area contributed by atoms with E-state index < -0.39 is 16.1 Å². The molecule has 1 aliphatic heterocycles. The smallest absolute Gasteiger partial charge is 0.265 e. The van der Waals surface area contributed by atoms with Crippen LogP contribution in [0, 0.1) is 0 Å². The zero-order valence-electron chi connectivity index (χ0n) is 18.4. The fourth-order valence-corrected chi connectivity index (χ4v) is 5.73. The molecule has 1 aliphatic rings. The fourth-order valence-electron chi connectivity index (χ4n) is 4.08. The minimum Gasteiger partial charge on any atom is -0.354 e. The third-order valence-corrected chi connectivity index (χ3v) is 7.72. The molecule has 1 amide bonds. The molecule has 0 fully saturated rings. The summed E-state index contributed by atoms with van der Waals surface area (Å²) < 4.78 is 28.6. The lowest BCUT2D eigenvalue weighted by Crippen LogP contribution is -2.48. The van der Waals surface area contributed by atoms with Gasteiger partial charge in [-0.25, -0.2) is 8.42 Å². The van der Waals surface area contributed by atoms with E-state index >= 15 is 0 Å². The van der Waals surface area contributed by atoms with Crippen LogP contribution in [0.4, 0.5) is 5.69 Å². The minimum atomic E-state index is -3.89. The summed E-state index contributed by atoms with van der Waals surface area (Å²) in [6, 6.07) is 23.4. The molecule has 0 unspecified atom stereocenters. The van der Waals surface area contributed by atoms with Crippen LogP contribution in [0.1, 0.15) is 36.5 Å². The molecule has 0 aromatic heterocycles. The Morgan fingerprint density at radius 2 is 1.62 bits per heavy atom. The SMILES string of the molecule is CC(C)c1ccc(S(=O)(=O)N2c3ccccc3C[C@H]2C(=O)NCCc2ccccc2)cc1. The number of rotatable bonds is 7. The first-order valence-electron chi connectivity index (χ1n) is 10.9. The Labute approximate surface area is 190 Å². The van der Waals surface area contributed by atoms with Crippen LogP contribution in [0.2, 0.25) is 0 Å². The van der Waals surface area contributed by atoms with E-state index in [1.807, 2.05) is 54.6 Å². The highest BCUT2D eigenvalue weighted by Crippen LogP contribution is 2.37. The lowest BCUT2D eigenvalue weighted by molar-refractivity contribution is -0.122. The third-order valence-electron chi connectivity index (χ3n) is 5.89. The molecular formula is C26H28N2O3S. The maximum Gasteiger partial charge on any atom is 0.265 e. The first kappa shape index (κ1) is 22.1.